The Hall–Kier alpha value is -3.62. The molecule has 9 heteroatoms. The minimum absolute atomic E-state index is 0.146. The molecule has 0 aliphatic rings. The van der Waals surface area contributed by atoms with Crippen LogP contribution in [0.15, 0.2) is 48.9 Å². The Kier molecular flexibility index (Phi) is 5.15. The number of alkyl halides is 3. The fourth-order valence-corrected chi connectivity index (χ4v) is 2.79. The van der Waals surface area contributed by atoms with Crippen molar-refractivity contribution in [2.45, 2.75) is 20.0 Å². The zero-order valence-electron chi connectivity index (χ0n) is 15.5. The first-order valence-corrected chi connectivity index (χ1v) is 8.49. The van der Waals surface area contributed by atoms with Gasteiger partial charge >= 0.3 is 6.18 Å². The maximum Gasteiger partial charge on any atom is 0.416 e. The SMILES string of the molecule is Cc1cn(-c2cc(C(=O)Nc3ccc(C)c(C(N)=O)c3)cc(C(F)(F)F)c2)cn1. The van der Waals surface area contributed by atoms with Gasteiger partial charge in [-0.15, -0.1) is 0 Å². The smallest absolute Gasteiger partial charge is 0.366 e. The minimum atomic E-state index is -4.64. The van der Waals surface area contributed by atoms with E-state index in [1.165, 1.54) is 29.1 Å². The number of amides is 2. The van der Waals surface area contributed by atoms with Crippen LogP contribution in [0.2, 0.25) is 0 Å². The van der Waals surface area contributed by atoms with Crippen LogP contribution < -0.4 is 11.1 Å². The topological polar surface area (TPSA) is 90.0 Å². The van der Waals surface area contributed by atoms with Crippen molar-refractivity contribution in [2.24, 2.45) is 5.73 Å². The monoisotopic (exact) mass is 402 g/mol. The van der Waals surface area contributed by atoms with Crippen molar-refractivity contribution in [1.29, 1.82) is 0 Å². The standard InChI is InChI=1S/C20H17F3N4O2/c1-11-3-4-15(8-17(11)18(24)28)26-19(29)13-5-14(20(21,22)23)7-16(6-13)27-9-12(2)25-10-27/h3-10H,1-2H3,(H2,24,28)(H,26,29). The molecule has 0 unspecified atom stereocenters. The van der Waals surface area contributed by atoms with Gasteiger partial charge in [-0.25, -0.2) is 4.98 Å². The number of hydrogen-bond acceptors (Lipinski definition) is 3. The highest BCUT2D eigenvalue weighted by atomic mass is 19.4. The van der Waals surface area contributed by atoms with Gasteiger partial charge in [0, 0.05) is 28.7 Å². The number of hydrogen-bond donors (Lipinski definition) is 2. The molecule has 29 heavy (non-hydrogen) atoms. The molecule has 3 aromatic rings. The number of nitrogens with two attached hydrogens (primary N) is 1. The molecule has 0 fully saturated rings. The lowest BCUT2D eigenvalue weighted by molar-refractivity contribution is -0.137. The second kappa shape index (κ2) is 7.42. The van der Waals surface area contributed by atoms with E-state index in [4.69, 9.17) is 5.73 Å². The van der Waals surface area contributed by atoms with Crippen molar-refractivity contribution in [2.75, 3.05) is 5.32 Å². The summed E-state index contributed by atoms with van der Waals surface area (Å²) >= 11 is 0. The minimum Gasteiger partial charge on any atom is -0.366 e. The van der Waals surface area contributed by atoms with Crippen molar-refractivity contribution in [3.05, 3.63) is 76.9 Å². The lowest BCUT2D eigenvalue weighted by Crippen LogP contribution is -2.17. The van der Waals surface area contributed by atoms with Crippen LogP contribution in [0.3, 0.4) is 0 Å². The third kappa shape index (κ3) is 4.45. The van der Waals surface area contributed by atoms with E-state index in [0.717, 1.165) is 12.1 Å². The van der Waals surface area contributed by atoms with E-state index in [2.05, 4.69) is 10.3 Å². The summed E-state index contributed by atoms with van der Waals surface area (Å²) in [5.74, 6) is -1.43. The summed E-state index contributed by atoms with van der Waals surface area (Å²) in [6, 6.07) is 7.54. The molecule has 3 rings (SSSR count). The van der Waals surface area contributed by atoms with E-state index in [-0.39, 0.29) is 22.5 Å². The molecule has 3 N–H and O–H groups in total. The molecule has 1 heterocycles. The number of carbonyl (C=O) groups is 2. The van der Waals surface area contributed by atoms with E-state index in [1.807, 2.05) is 0 Å². The van der Waals surface area contributed by atoms with Crippen molar-refractivity contribution in [3.63, 3.8) is 0 Å². The number of rotatable bonds is 4. The first-order chi connectivity index (χ1) is 13.5. The van der Waals surface area contributed by atoms with Gasteiger partial charge in [0.1, 0.15) is 0 Å². The third-order valence-electron chi connectivity index (χ3n) is 4.28. The van der Waals surface area contributed by atoms with Gasteiger partial charge in [0.2, 0.25) is 5.91 Å². The van der Waals surface area contributed by atoms with Gasteiger partial charge in [0.15, 0.2) is 0 Å². The molecule has 0 saturated carbocycles. The zero-order chi connectivity index (χ0) is 21.3. The Balaban J connectivity index is 2.00. The number of imidazole rings is 1. The van der Waals surface area contributed by atoms with Gasteiger partial charge in [-0.1, -0.05) is 6.07 Å². The Labute approximate surface area is 164 Å². The Morgan fingerprint density at radius 3 is 2.41 bits per heavy atom. The molecule has 0 atom stereocenters. The number of benzene rings is 2. The van der Waals surface area contributed by atoms with Crippen molar-refractivity contribution in [1.82, 2.24) is 9.55 Å². The second-order valence-corrected chi connectivity index (χ2v) is 6.54. The molecule has 1 aromatic heterocycles. The highest BCUT2D eigenvalue weighted by Crippen LogP contribution is 2.32. The van der Waals surface area contributed by atoms with Gasteiger partial charge in [0.25, 0.3) is 5.91 Å². The number of carbonyl (C=O) groups excluding carboxylic acids is 2. The summed E-state index contributed by atoms with van der Waals surface area (Å²) in [6.07, 6.45) is -1.72. The van der Waals surface area contributed by atoms with Crippen LogP contribution >= 0.6 is 0 Å². The fourth-order valence-electron chi connectivity index (χ4n) is 2.79. The second-order valence-electron chi connectivity index (χ2n) is 6.54. The Morgan fingerprint density at radius 2 is 1.83 bits per heavy atom. The quantitative estimate of drug-likeness (QED) is 0.694. The molecular formula is C20H17F3N4O2. The van der Waals surface area contributed by atoms with E-state index in [0.29, 0.717) is 11.3 Å². The summed E-state index contributed by atoms with van der Waals surface area (Å²) in [4.78, 5) is 28.1. The van der Waals surface area contributed by atoms with Gasteiger partial charge in [0.05, 0.1) is 17.6 Å². The molecule has 150 valence electrons. The molecule has 0 aliphatic carbocycles. The fraction of sp³-hybridized carbons (Fsp3) is 0.150. The largest absolute Gasteiger partial charge is 0.416 e. The summed E-state index contributed by atoms with van der Waals surface area (Å²) in [6.45, 7) is 3.38. The maximum atomic E-state index is 13.3. The van der Waals surface area contributed by atoms with Crippen LogP contribution in [-0.2, 0) is 6.18 Å². The van der Waals surface area contributed by atoms with Crippen molar-refractivity contribution >= 4 is 17.5 Å². The predicted molar refractivity (Wildman–Crippen MR) is 101 cm³/mol. The first-order valence-electron chi connectivity index (χ1n) is 8.49. The summed E-state index contributed by atoms with van der Waals surface area (Å²) in [7, 11) is 0. The molecule has 0 radical (unpaired) electrons. The van der Waals surface area contributed by atoms with Crippen molar-refractivity contribution < 1.29 is 22.8 Å². The Bertz CT molecular complexity index is 1100. The molecule has 0 spiro atoms. The van der Waals surface area contributed by atoms with Gasteiger partial charge < -0.3 is 15.6 Å². The number of anilines is 1. The molecule has 0 aliphatic heterocycles. The predicted octanol–water partition coefficient (Wildman–Crippen LogP) is 3.86. The number of nitrogens with one attached hydrogen (secondary N) is 1. The normalized spacial score (nSPS) is 11.3. The molecule has 2 amide bonds. The van der Waals surface area contributed by atoms with Gasteiger partial charge in [-0.3, -0.25) is 9.59 Å². The molecule has 2 aromatic carbocycles. The summed E-state index contributed by atoms with van der Waals surface area (Å²) < 4.78 is 41.4. The lowest BCUT2D eigenvalue weighted by atomic mass is 10.1. The Morgan fingerprint density at radius 1 is 1.10 bits per heavy atom. The first kappa shape index (κ1) is 20.1. The summed E-state index contributed by atoms with van der Waals surface area (Å²) in [5, 5.41) is 2.50. The third-order valence-corrected chi connectivity index (χ3v) is 4.28. The van der Waals surface area contributed by atoms with Gasteiger partial charge in [-0.05, 0) is 49.7 Å². The maximum absolute atomic E-state index is 13.3. The highest BCUT2D eigenvalue weighted by Gasteiger charge is 2.32. The number of aryl methyl sites for hydroxylation is 2. The van der Waals surface area contributed by atoms with E-state index >= 15 is 0 Å². The highest BCUT2D eigenvalue weighted by molar-refractivity contribution is 6.05. The van der Waals surface area contributed by atoms with Gasteiger partial charge in [-0.2, -0.15) is 13.2 Å². The van der Waals surface area contributed by atoms with Crippen LogP contribution in [0.25, 0.3) is 5.69 Å². The number of primary amides is 1. The van der Waals surface area contributed by atoms with E-state index in [1.54, 1.807) is 26.1 Å². The molecule has 6 nitrogen and oxygen atoms in total. The van der Waals surface area contributed by atoms with Crippen molar-refractivity contribution in [3.8, 4) is 5.69 Å². The van der Waals surface area contributed by atoms with Crippen LogP contribution in [0.5, 0.6) is 0 Å². The zero-order valence-corrected chi connectivity index (χ0v) is 15.5. The van der Waals surface area contributed by atoms with Crippen LogP contribution in [0, 0.1) is 13.8 Å². The van der Waals surface area contributed by atoms with Crippen LogP contribution in [0.4, 0.5) is 18.9 Å². The van der Waals surface area contributed by atoms with Crippen LogP contribution in [-0.4, -0.2) is 21.4 Å². The molecule has 0 bridgehead atoms. The lowest BCUT2D eigenvalue weighted by Gasteiger charge is -2.13. The van der Waals surface area contributed by atoms with E-state index < -0.39 is 23.6 Å². The number of halogens is 3. The molecular weight excluding hydrogens is 385 g/mol. The molecule has 0 saturated heterocycles. The number of nitrogens with zero attached hydrogens (tertiary/aromatic N) is 2. The average molecular weight is 402 g/mol. The van der Waals surface area contributed by atoms with Crippen LogP contribution in [0.1, 0.15) is 37.5 Å². The number of aromatic nitrogens is 2. The van der Waals surface area contributed by atoms with E-state index in [9.17, 15) is 22.8 Å². The summed E-state index contributed by atoms with van der Waals surface area (Å²) in [5.41, 5.74) is 5.97. The average Bonchev–Trinajstić information content (AvgIpc) is 3.08.